The molecule has 3 aromatic heterocycles. The molecular weight excluding hydrogens is 376 g/mol. The van der Waals surface area contributed by atoms with Crippen LogP contribution in [0.1, 0.15) is 19.3 Å². The van der Waals surface area contributed by atoms with Crippen LogP contribution in [-0.2, 0) is 7.05 Å². The summed E-state index contributed by atoms with van der Waals surface area (Å²) in [6.45, 7) is 2.05. The van der Waals surface area contributed by atoms with Crippen LogP contribution in [0, 0.1) is 0 Å². The average molecular weight is 400 g/mol. The fraction of sp³-hybridized carbons (Fsp3) is 0.348. The minimum atomic E-state index is 0.184. The second-order valence-corrected chi connectivity index (χ2v) is 8.51. The van der Waals surface area contributed by atoms with Crippen LogP contribution in [0.2, 0.25) is 0 Å². The summed E-state index contributed by atoms with van der Waals surface area (Å²) in [5.41, 5.74) is 3.90. The van der Waals surface area contributed by atoms with Gasteiger partial charge in [0.05, 0.1) is 22.2 Å². The third-order valence-electron chi connectivity index (χ3n) is 6.10. The Morgan fingerprint density at radius 1 is 0.967 bits per heavy atom. The van der Waals surface area contributed by atoms with E-state index < -0.39 is 0 Å². The van der Waals surface area contributed by atoms with Crippen molar-refractivity contribution >= 4 is 27.8 Å². The molecule has 1 aliphatic heterocycles. The lowest BCUT2D eigenvalue weighted by Crippen LogP contribution is -2.34. The Morgan fingerprint density at radius 2 is 1.80 bits per heavy atom. The molecule has 2 fully saturated rings. The first-order valence-electron chi connectivity index (χ1n) is 10.6. The number of benzene rings is 1. The van der Waals surface area contributed by atoms with E-state index in [1.807, 2.05) is 37.5 Å². The minimum absolute atomic E-state index is 0.184. The summed E-state index contributed by atoms with van der Waals surface area (Å²) in [5.74, 6) is 1.20. The van der Waals surface area contributed by atoms with Crippen molar-refractivity contribution in [2.75, 3.05) is 18.0 Å². The van der Waals surface area contributed by atoms with Gasteiger partial charge in [-0.15, -0.1) is 0 Å². The third kappa shape index (κ3) is 3.15. The van der Waals surface area contributed by atoms with E-state index >= 15 is 0 Å². The SMILES string of the molecule is Cn1cc2cc(-c3ccc4nc(N5CCC(NC6CC6)C5)ccc4n3)c(O)cc2n1. The lowest BCUT2D eigenvalue weighted by Gasteiger charge is -2.18. The average Bonchev–Trinajstić information content (AvgIpc) is 3.30. The summed E-state index contributed by atoms with van der Waals surface area (Å²) >= 11 is 0. The highest BCUT2D eigenvalue weighted by Crippen LogP contribution is 2.33. The molecule has 0 spiro atoms. The number of hydrogen-bond acceptors (Lipinski definition) is 6. The number of hydrogen-bond donors (Lipinski definition) is 2. The number of nitrogens with one attached hydrogen (secondary N) is 1. The van der Waals surface area contributed by atoms with Gasteiger partial charge in [0.1, 0.15) is 11.6 Å². The zero-order valence-electron chi connectivity index (χ0n) is 16.9. The topological polar surface area (TPSA) is 79.1 Å². The molecule has 7 heteroatoms. The fourth-order valence-corrected chi connectivity index (χ4v) is 4.40. The number of nitrogens with zero attached hydrogens (tertiary/aromatic N) is 5. The number of anilines is 1. The lowest BCUT2D eigenvalue weighted by atomic mass is 10.1. The van der Waals surface area contributed by atoms with Crippen molar-refractivity contribution in [3.05, 3.63) is 42.6 Å². The molecule has 0 radical (unpaired) electrons. The van der Waals surface area contributed by atoms with E-state index in [0.717, 1.165) is 52.6 Å². The summed E-state index contributed by atoms with van der Waals surface area (Å²) in [5, 5.41) is 19.6. The molecule has 7 nitrogen and oxygen atoms in total. The van der Waals surface area contributed by atoms with Crippen molar-refractivity contribution in [1.29, 1.82) is 0 Å². The Kier molecular flexibility index (Phi) is 3.92. The number of aryl methyl sites for hydroxylation is 1. The summed E-state index contributed by atoms with van der Waals surface area (Å²) in [7, 11) is 1.87. The minimum Gasteiger partial charge on any atom is -0.507 e. The van der Waals surface area contributed by atoms with Gasteiger partial charge in [-0.3, -0.25) is 4.68 Å². The standard InChI is InChI=1S/C23H24N6O/c1-28-12-14-10-17(22(30)11-21(14)27-28)18-4-5-20-19(25-18)6-7-23(26-20)29-9-8-16(13-29)24-15-2-3-15/h4-7,10-12,15-16,24,30H,2-3,8-9,13H2,1H3. The molecule has 4 aromatic rings. The molecule has 1 atom stereocenters. The first kappa shape index (κ1) is 17.7. The molecule has 6 rings (SSSR count). The van der Waals surface area contributed by atoms with Gasteiger partial charge in [-0.1, -0.05) is 0 Å². The lowest BCUT2D eigenvalue weighted by molar-refractivity contribution is 0.478. The molecule has 1 aliphatic carbocycles. The van der Waals surface area contributed by atoms with Crippen molar-refractivity contribution in [3.63, 3.8) is 0 Å². The summed E-state index contributed by atoms with van der Waals surface area (Å²) < 4.78 is 1.75. The number of phenolic OH excluding ortho intramolecular Hbond substituents is 1. The smallest absolute Gasteiger partial charge is 0.129 e. The highest BCUT2D eigenvalue weighted by molar-refractivity contribution is 5.88. The molecule has 1 saturated heterocycles. The Balaban J connectivity index is 1.30. The molecule has 0 bridgehead atoms. The molecule has 30 heavy (non-hydrogen) atoms. The van der Waals surface area contributed by atoms with Crippen LogP contribution in [0.5, 0.6) is 5.75 Å². The number of aromatic nitrogens is 4. The molecule has 1 aromatic carbocycles. The molecule has 2 aliphatic rings. The Bertz CT molecular complexity index is 1260. The summed E-state index contributed by atoms with van der Waals surface area (Å²) in [4.78, 5) is 12.0. The molecule has 0 amide bonds. The van der Waals surface area contributed by atoms with Gasteiger partial charge in [0, 0.05) is 55.4 Å². The van der Waals surface area contributed by atoms with Crippen molar-refractivity contribution < 1.29 is 5.11 Å². The molecule has 152 valence electrons. The quantitative estimate of drug-likeness (QED) is 0.548. The van der Waals surface area contributed by atoms with E-state index in [1.165, 1.54) is 19.3 Å². The number of fused-ring (bicyclic) bond motifs is 2. The second kappa shape index (κ2) is 6.67. The van der Waals surface area contributed by atoms with Gasteiger partial charge >= 0.3 is 0 Å². The van der Waals surface area contributed by atoms with Gasteiger partial charge in [0.2, 0.25) is 0 Å². The van der Waals surface area contributed by atoms with E-state index in [2.05, 4.69) is 21.4 Å². The summed E-state index contributed by atoms with van der Waals surface area (Å²) in [6.07, 6.45) is 5.75. The predicted molar refractivity (Wildman–Crippen MR) is 118 cm³/mol. The fourth-order valence-electron chi connectivity index (χ4n) is 4.40. The molecule has 1 saturated carbocycles. The van der Waals surface area contributed by atoms with E-state index in [1.54, 1.807) is 10.7 Å². The van der Waals surface area contributed by atoms with Gasteiger partial charge in [-0.2, -0.15) is 5.10 Å². The predicted octanol–water partition coefficient (Wildman–Crippen LogP) is 3.22. The highest BCUT2D eigenvalue weighted by atomic mass is 16.3. The normalized spacial score (nSPS) is 19.2. The number of pyridine rings is 2. The molecule has 2 N–H and O–H groups in total. The van der Waals surface area contributed by atoms with E-state index in [9.17, 15) is 5.11 Å². The van der Waals surface area contributed by atoms with Crippen molar-refractivity contribution in [2.24, 2.45) is 7.05 Å². The van der Waals surface area contributed by atoms with Crippen LogP contribution >= 0.6 is 0 Å². The maximum Gasteiger partial charge on any atom is 0.129 e. The van der Waals surface area contributed by atoms with Crippen LogP contribution < -0.4 is 10.2 Å². The zero-order valence-corrected chi connectivity index (χ0v) is 16.9. The Labute approximate surface area is 174 Å². The Morgan fingerprint density at radius 3 is 2.67 bits per heavy atom. The van der Waals surface area contributed by atoms with Crippen LogP contribution in [0.15, 0.2) is 42.6 Å². The number of aromatic hydroxyl groups is 1. The van der Waals surface area contributed by atoms with Gasteiger partial charge in [0.25, 0.3) is 0 Å². The van der Waals surface area contributed by atoms with Gasteiger partial charge in [0.15, 0.2) is 0 Å². The van der Waals surface area contributed by atoms with Crippen LogP contribution in [0.4, 0.5) is 5.82 Å². The molecular formula is C23H24N6O. The first-order valence-corrected chi connectivity index (χ1v) is 10.6. The first-order chi connectivity index (χ1) is 14.6. The van der Waals surface area contributed by atoms with Gasteiger partial charge in [-0.25, -0.2) is 9.97 Å². The van der Waals surface area contributed by atoms with Gasteiger partial charge < -0.3 is 15.3 Å². The molecule has 4 heterocycles. The monoisotopic (exact) mass is 400 g/mol. The van der Waals surface area contributed by atoms with E-state index in [4.69, 9.17) is 9.97 Å². The highest BCUT2D eigenvalue weighted by Gasteiger charge is 2.29. The van der Waals surface area contributed by atoms with Crippen LogP contribution in [0.3, 0.4) is 0 Å². The zero-order chi connectivity index (χ0) is 20.2. The van der Waals surface area contributed by atoms with Crippen LogP contribution in [0.25, 0.3) is 33.2 Å². The van der Waals surface area contributed by atoms with Crippen molar-refractivity contribution in [2.45, 2.75) is 31.3 Å². The maximum atomic E-state index is 10.5. The van der Waals surface area contributed by atoms with Gasteiger partial charge in [-0.05, 0) is 49.6 Å². The van der Waals surface area contributed by atoms with Crippen molar-refractivity contribution in [3.8, 4) is 17.0 Å². The summed E-state index contributed by atoms with van der Waals surface area (Å²) in [6, 6.07) is 12.9. The number of rotatable bonds is 4. The maximum absolute atomic E-state index is 10.5. The Hall–Kier alpha value is -3.19. The third-order valence-corrected chi connectivity index (χ3v) is 6.10. The number of phenols is 1. The van der Waals surface area contributed by atoms with Crippen molar-refractivity contribution in [1.82, 2.24) is 25.1 Å². The molecule has 1 unspecified atom stereocenters. The largest absolute Gasteiger partial charge is 0.507 e. The second-order valence-electron chi connectivity index (χ2n) is 8.51. The van der Waals surface area contributed by atoms with E-state index in [0.29, 0.717) is 11.6 Å². The van der Waals surface area contributed by atoms with E-state index in [-0.39, 0.29) is 5.75 Å². The van der Waals surface area contributed by atoms with Crippen LogP contribution in [-0.4, -0.2) is 50.0 Å².